The summed E-state index contributed by atoms with van der Waals surface area (Å²) >= 11 is 0. The lowest BCUT2D eigenvalue weighted by Gasteiger charge is -2.10. The Balaban J connectivity index is 2.66. The van der Waals surface area contributed by atoms with E-state index in [1.165, 1.54) is 6.92 Å². The Morgan fingerprint density at radius 2 is 2.00 bits per heavy atom. The van der Waals surface area contributed by atoms with Crippen molar-refractivity contribution in [3.8, 4) is 0 Å². The second kappa shape index (κ2) is 5.63. The SMILES string of the molecule is CNCCC(O)c1ccc(C(C)=O)cc1. The first kappa shape index (κ1) is 11.9. The van der Waals surface area contributed by atoms with Crippen LogP contribution >= 0.6 is 0 Å². The van der Waals surface area contributed by atoms with Gasteiger partial charge in [-0.15, -0.1) is 0 Å². The molecule has 1 atom stereocenters. The summed E-state index contributed by atoms with van der Waals surface area (Å²) in [6, 6.07) is 7.11. The summed E-state index contributed by atoms with van der Waals surface area (Å²) in [5.74, 6) is 0.0475. The molecule has 0 heterocycles. The fourth-order valence-corrected chi connectivity index (χ4v) is 1.39. The third-order valence-electron chi connectivity index (χ3n) is 2.37. The van der Waals surface area contributed by atoms with E-state index in [0.717, 1.165) is 12.1 Å². The lowest BCUT2D eigenvalue weighted by Crippen LogP contribution is -2.12. The number of benzene rings is 1. The number of carbonyl (C=O) groups excluding carboxylic acids is 1. The molecule has 1 unspecified atom stereocenters. The molecule has 82 valence electrons. The molecule has 1 aromatic rings. The monoisotopic (exact) mass is 207 g/mol. The molecule has 0 aliphatic rings. The van der Waals surface area contributed by atoms with Gasteiger partial charge in [-0.1, -0.05) is 24.3 Å². The predicted octanol–water partition coefficient (Wildman–Crippen LogP) is 1.53. The van der Waals surface area contributed by atoms with Crippen molar-refractivity contribution in [2.24, 2.45) is 0 Å². The molecule has 0 saturated heterocycles. The van der Waals surface area contributed by atoms with Gasteiger partial charge >= 0.3 is 0 Å². The van der Waals surface area contributed by atoms with Gasteiger partial charge in [-0.3, -0.25) is 4.79 Å². The van der Waals surface area contributed by atoms with Crippen LogP contribution in [-0.2, 0) is 0 Å². The molecule has 1 aromatic carbocycles. The van der Waals surface area contributed by atoms with Crippen LogP contribution in [0.1, 0.15) is 35.4 Å². The van der Waals surface area contributed by atoms with E-state index >= 15 is 0 Å². The van der Waals surface area contributed by atoms with Gasteiger partial charge < -0.3 is 10.4 Å². The summed E-state index contributed by atoms with van der Waals surface area (Å²) in [7, 11) is 1.85. The molecular weight excluding hydrogens is 190 g/mol. The molecule has 0 aliphatic carbocycles. The summed E-state index contributed by atoms with van der Waals surface area (Å²) in [5, 5.41) is 12.7. The highest BCUT2D eigenvalue weighted by atomic mass is 16.3. The van der Waals surface area contributed by atoms with Crippen LogP contribution in [0, 0.1) is 0 Å². The number of hydrogen-bond donors (Lipinski definition) is 2. The molecule has 0 fully saturated rings. The highest BCUT2D eigenvalue weighted by molar-refractivity contribution is 5.94. The van der Waals surface area contributed by atoms with Crippen LogP contribution in [0.4, 0.5) is 0 Å². The van der Waals surface area contributed by atoms with E-state index < -0.39 is 6.10 Å². The van der Waals surface area contributed by atoms with Crippen LogP contribution in [-0.4, -0.2) is 24.5 Å². The van der Waals surface area contributed by atoms with Crippen LogP contribution in [0.15, 0.2) is 24.3 Å². The van der Waals surface area contributed by atoms with Crippen LogP contribution in [0.2, 0.25) is 0 Å². The van der Waals surface area contributed by atoms with Gasteiger partial charge in [0.15, 0.2) is 5.78 Å². The average molecular weight is 207 g/mol. The van der Waals surface area contributed by atoms with Crippen molar-refractivity contribution in [2.45, 2.75) is 19.4 Å². The number of rotatable bonds is 5. The minimum absolute atomic E-state index is 0.0475. The molecule has 2 N–H and O–H groups in total. The number of nitrogens with one attached hydrogen (secondary N) is 1. The van der Waals surface area contributed by atoms with Gasteiger partial charge in [0, 0.05) is 5.56 Å². The van der Waals surface area contributed by atoms with Gasteiger partial charge in [0.1, 0.15) is 0 Å². The maximum atomic E-state index is 11.0. The van der Waals surface area contributed by atoms with Gasteiger partial charge in [-0.2, -0.15) is 0 Å². The maximum Gasteiger partial charge on any atom is 0.159 e. The molecule has 0 amide bonds. The molecule has 3 nitrogen and oxygen atoms in total. The van der Waals surface area contributed by atoms with Gasteiger partial charge in [0.25, 0.3) is 0 Å². The first-order chi connectivity index (χ1) is 7.15. The lowest BCUT2D eigenvalue weighted by molar-refractivity contribution is 0.101. The van der Waals surface area contributed by atoms with Crippen molar-refractivity contribution in [1.82, 2.24) is 5.32 Å². The highest BCUT2D eigenvalue weighted by Gasteiger charge is 2.07. The molecule has 1 rings (SSSR count). The zero-order chi connectivity index (χ0) is 11.3. The van der Waals surface area contributed by atoms with Gasteiger partial charge in [-0.25, -0.2) is 0 Å². The number of Topliss-reactive ketones (excluding diaryl/α,β-unsaturated/α-hetero) is 1. The van der Waals surface area contributed by atoms with Crippen molar-refractivity contribution in [2.75, 3.05) is 13.6 Å². The lowest BCUT2D eigenvalue weighted by atomic mass is 10.0. The quantitative estimate of drug-likeness (QED) is 0.720. The number of carbonyl (C=O) groups is 1. The molecule has 0 saturated carbocycles. The molecule has 0 aromatic heterocycles. The van der Waals surface area contributed by atoms with Gasteiger partial charge in [0.05, 0.1) is 6.10 Å². The first-order valence-electron chi connectivity index (χ1n) is 5.08. The Labute approximate surface area is 90.1 Å². The van der Waals surface area contributed by atoms with E-state index in [1.807, 2.05) is 7.05 Å². The van der Waals surface area contributed by atoms with Crippen LogP contribution in [0.5, 0.6) is 0 Å². The number of ketones is 1. The van der Waals surface area contributed by atoms with Gasteiger partial charge in [-0.05, 0) is 32.5 Å². The Morgan fingerprint density at radius 3 is 2.47 bits per heavy atom. The van der Waals surface area contributed by atoms with Crippen molar-refractivity contribution < 1.29 is 9.90 Å². The minimum Gasteiger partial charge on any atom is -0.388 e. The third kappa shape index (κ3) is 3.46. The van der Waals surface area contributed by atoms with E-state index in [4.69, 9.17) is 0 Å². The summed E-state index contributed by atoms with van der Waals surface area (Å²) in [6.45, 7) is 2.31. The van der Waals surface area contributed by atoms with E-state index in [9.17, 15) is 9.90 Å². The van der Waals surface area contributed by atoms with E-state index in [0.29, 0.717) is 12.0 Å². The molecule has 3 heteroatoms. The van der Waals surface area contributed by atoms with Crippen molar-refractivity contribution in [3.63, 3.8) is 0 Å². The average Bonchev–Trinajstić information content (AvgIpc) is 2.26. The largest absolute Gasteiger partial charge is 0.388 e. The summed E-state index contributed by atoms with van der Waals surface area (Å²) in [4.78, 5) is 11.0. The van der Waals surface area contributed by atoms with Crippen molar-refractivity contribution in [3.05, 3.63) is 35.4 Å². The normalized spacial score (nSPS) is 12.5. The summed E-state index contributed by atoms with van der Waals surface area (Å²) < 4.78 is 0. The molecule has 0 spiro atoms. The van der Waals surface area contributed by atoms with E-state index in [1.54, 1.807) is 24.3 Å². The second-order valence-corrected chi connectivity index (χ2v) is 3.59. The Bertz CT molecular complexity index is 319. The summed E-state index contributed by atoms with van der Waals surface area (Å²) in [6.07, 6.45) is 0.217. The van der Waals surface area contributed by atoms with Crippen LogP contribution in [0.25, 0.3) is 0 Å². The smallest absolute Gasteiger partial charge is 0.159 e. The standard InChI is InChI=1S/C12H17NO2/c1-9(14)10-3-5-11(6-4-10)12(15)7-8-13-2/h3-6,12-13,15H,7-8H2,1-2H3. The number of hydrogen-bond acceptors (Lipinski definition) is 3. The molecule has 0 aliphatic heterocycles. The third-order valence-corrected chi connectivity index (χ3v) is 2.37. The zero-order valence-electron chi connectivity index (χ0n) is 9.16. The van der Waals surface area contributed by atoms with Crippen LogP contribution in [0.3, 0.4) is 0 Å². The number of aliphatic hydroxyl groups is 1. The topological polar surface area (TPSA) is 49.3 Å². The Kier molecular flexibility index (Phi) is 4.46. The molecule has 15 heavy (non-hydrogen) atoms. The molecule has 0 radical (unpaired) electrons. The fraction of sp³-hybridized carbons (Fsp3) is 0.417. The fourth-order valence-electron chi connectivity index (χ4n) is 1.39. The minimum atomic E-state index is -0.460. The zero-order valence-corrected chi connectivity index (χ0v) is 9.16. The highest BCUT2D eigenvalue weighted by Crippen LogP contribution is 2.16. The van der Waals surface area contributed by atoms with E-state index in [2.05, 4.69) is 5.32 Å². The second-order valence-electron chi connectivity index (χ2n) is 3.59. The Morgan fingerprint density at radius 1 is 1.40 bits per heavy atom. The van der Waals surface area contributed by atoms with Gasteiger partial charge in [0.2, 0.25) is 0 Å². The maximum absolute atomic E-state index is 11.0. The number of aliphatic hydroxyl groups excluding tert-OH is 1. The Hall–Kier alpha value is -1.19. The van der Waals surface area contributed by atoms with Crippen LogP contribution < -0.4 is 5.32 Å². The van der Waals surface area contributed by atoms with E-state index in [-0.39, 0.29) is 5.78 Å². The predicted molar refractivity (Wildman–Crippen MR) is 60.0 cm³/mol. The first-order valence-corrected chi connectivity index (χ1v) is 5.08. The molecular formula is C12H17NO2. The molecule has 0 bridgehead atoms. The van der Waals surface area contributed by atoms with Crippen molar-refractivity contribution in [1.29, 1.82) is 0 Å². The summed E-state index contributed by atoms with van der Waals surface area (Å²) in [5.41, 5.74) is 1.54. The van der Waals surface area contributed by atoms with Crippen molar-refractivity contribution >= 4 is 5.78 Å².